The Kier molecular flexibility index (Phi) is 5.26. The van der Waals surface area contributed by atoms with Crippen LogP contribution in [0.4, 0.5) is 11.4 Å². The standard InChI is InChI=1S/C30H24N4O3/c1-31-15-11-20(12-16-31)29(36)33-24-9-5-3-7-22(24)19-26(33)27-28(35)23-8-4-6-10-25(23)34(27)30(37)21-13-17-32(2)18-14-21/h3-18H,19H2,1-2H3/q+2/b27-26+. The zero-order valence-electron chi connectivity index (χ0n) is 20.5. The molecule has 7 nitrogen and oxygen atoms in total. The van der Waals surface area contributed by atoms with Crippen LogP contribution in [0, 0.1) is 0 Å². The summed E-state index contributed by atoms with van der Waals surface area (Å²) >= 11 is 0. The maximum atomic E-state index is 13.9. The average Bonchev–Trinajstić information content (AvgIpc) is 3.44. The number of amides is 2. The van der Waals surface area contributed by atoms with E-state index < -0.39 is 0 Å². The molecule has 2 aromatic heterocycles. The number of rotatable bonds is 2. The van der Waals surface area contributed by atoms with Crippen LogP contribution in [0.5, 0.6) is 0 Å². The number of anilines is 2. The van der Waals surface area contributed by atoms with E-state index in [1.165, 1.54) is 4.90 Å². The van der Waals surface area contributed by atoms with Crippen molar-refractivity contribution in [3.63, 3.8) is 0 Å². The number of aryl methyl sites for hydroxylation is 2. The normalized spacial score (nSPS) is 16.1. The van der Waals surface area contributed by atoms with Crippen molar-refractivity contribution in [1.82, 2.24) is 0 Å². The van der Waals surface area contributed by atoms with Crippen LogP contribution in [0.1, 0.15) is 36.6 Å². The minimum absolute atomic E-state index is 0.213. The van der Waals surface area contributed by atoms with Crippen molar-refractivity contribution in [3.8, 4) is 0 Å². The highest BCUT2D eigenvalue weighted by Gasteiger charge is 2.43. The second-order valence-electron chi connectivity index (χ2n) is 9.23. The molecule has 0 radical (unpaired) electrons. The SMILES string of the molecule is C[n+]1ccc(C(=O)N2/C(=C3\C(=O)c4ccccc4N3C(=O)c3cc[n+](C)cc3)Cc3ccccc32)cc1. The summed E-state index contributed by atoms with van der Waals surface area (Å²) in [5.41, 5.74) is 4.24. The molecule has 0 saturated carbocycles. The molecule has 0 unspecified atom stereocenters. The molecular weight excluding hydrogens is 464 g/mol. The van der Waals surface area contributed by atoms with Crippen LogP contribution in [-0.2, 0) is 20.5 Å². The summed E-state index contributed by atoms with van der Waals surface area (Å²) in [5, 5.41) is 0. The van der Waals surface area contributed by atoms with Gasteiger partial charge in [-0.15, -0.1) is 0 Å². The molecule has 0 spiro atoms. The van der Waals surface area contributed by atoms with Gasteiger partial charge in [0, 0.05) is 36.2 Å². The third-order valence-electron chi connectivity index (χ3n) is 6.82. The quantitative estimate of drug-likeness (QED) is 0.321. The molecule has 0 aliphatic carbocycles. The average molecular weight is 489 g/mol. The fourth-order valence-electron chi connectivity index (χ4n) is 4.93. The smallest absolute Gasteiger partial charge is 0.263 e. The number of para-hydroxylation sites is 2. The van der Waals surface area contributed by atoms with E-state index in [9.17, 15) is 14.4 Å². The Labute approximate surface area is 214 Å². The van der Waals surface area contributed by atoms with Gasteiger partial charge in [-0.3, -0.25) is 24.2 Å². The number of carbonyl (C=O) groups is 3. The molecule has 4 heterocycles. The number of aromatic nitrogens is 2. The van der Waals surface area contributed by atoms with E-state index in [0.717, 1.165) is 5.56 Å². The molecule has 0 saturated heterocycles. The monoisotopic (exact) mass is 488 g/mol. The third-order valence-corrected chi connectivity index (χ3v) is 6.82. The fraction of sp³-hybridized carbons (Fsp3) is 0.100. The summed E-state index contributed by atoms with van der Waals surface area (Å²) in [6, 6.07) is 21.7. The Morgan fingerprint density at radius 3 is 1.81 bits per heavy atom. The van der Waals surface area contributed by atoms with E-state index in [1.807, 2.05) is 59.9 Å². The summed E-state index contributed by atoms with van der Waals surface area (Å²) in [5.74, 6) is -0.849. The van der Waals surface area contributed by atoms with Gasteiger partial charge >= 0.3 is 0 Å². The number of fused-ring (bicyclic) bond motifs is 2. The number of carbonyl (C=O) groups excluding carboxylic acids is 3. The lowest BCUT2D eigenvalue weighted by molar-refractivity contribution is -0.671. The molecule has 0 N–H and O–H groups in total. The maximum Gasteiger partial charge on any atom is 0.263 e. The fourth-order valence-corrected chi connectivity index (χ4v) is 4.93. The van der Waals surface area contributed by atoms with Gasteiger partial charge in [-0.1, -0.05) is 30.3 Å². The number of hydrogen-bond acceptors (Lipinski definition) is 3. The second-order valence-corrected chi connectivity index (χ2v) is 9.23. The number of hydrogen-bond donors (Lipinski definition) is 0. The minimum atomic E-state index is -0.323. The van der Waals surface area contributed by atoms with Gasteiger partial charge in [0.05, 0.1) is 28.2 Å². The van der Waals surface area contributed by atoms with E-state index >= 15 is 0 Å². The molecule has 180 valence electrons. The minimum Gasteiger partial charge on any atom is -0.287 e. The third kappa shape index (κ3) is 3.63. The van der Waals surface area contributed by atoms with Crippen molar-refractivity contribution in [2.75, 3.05) is 9.80 Å². The maximum absolute atomic E-state index is 13.9. The molecule has 4 aromatic rings. The molecule has 0 fully saturated rings. The largest absolute Gasteiger partial charge is 0.287 e. The Bertz CT molecular complexity index is 1620. The van der Waals surface area contributed by atoms with Gasteiger partial charge in [0.1, 0.15) is 19.8 Å². The lowest BCUT2D eigenvalue weighted by Gasteiger charge is -2.25. The van der Waals surface area contributed by atoms with Crippen LogP contribution < -0.4 is 18.9 Å². The summed E-state index contributed by atoms with van der Waals surface area (Å²) in [7, 11) is 3.76. The van der Waals surface area contributed by atoms with Crippen LogP contribution >= 0.6 is 0 Å². The van der Waals surface area contributed by atoms with Crippen molar-refractivity contribution in [1.29, 1.82) is 0 Å². The van der Waals surface area contributed by atoms with Gasteiger partial charge in [-0.2, -0.15) is 0 Å². The molecule has 2 aliphatic heterocycles. The van der Waals surface area contributed by atoms with Crippen molar-refractivity contribution < 1.29 is 23.5 Å². The number of benzene rings is 2. The van der Waals surface area contributed by atoms with Crippen molar-refractivity contribution >= 4 is 29.0 Å². The van der Waals surface area contributed by atoms with Crippen LogP contribution in [0.3, 0.4) is 0 Å². The first-order valence-corrected chi connectivity index (χ1v) is 12.0. The zero-order chi connectivity index (χ0) is 25.7. The van der Waals surface area contributed by atoms with E-state index in [2.05, 4.69) is 0 Å². The van der Waals surface area contributed by atoms with E-state index in [4.69, 9.17) is 0 Å². The second kappa shape index (κ2) is 8.64. The van der Waals surface area contributed by atoms with E-state index in [1.54, 1.807) is 65.8 Å². The first kappa shape index (κ1) is 22.5. The molecular formula is C30H24N4O3+2. The zero-order valence-corrected chi connectivity index (χ0v) is 20.5. The summed E-state index contributed by atoms with van der Waals surface area (Å²) in [4.78, 5) is 44.8. The van der Waals surface area contributed by atoms with Crippen LogP contribution in [0.25, 0.3) is 0 Å². The van der Waals surface area contributed by atoms with Crippen molar-refractivity contribution in [2.45, 2.75) is 6.42 Å². The molecule has 2 amide bonds. The summed E-state index contributed by atoms with van der Waals surface area (Å²) in [6.07, 6.45) is 7.56. The van der Waals surface area contributed by atoms with E-state index in [0.29, 0.717) is 40.2 Å². The number of ketones is 1. The van der Waals surface area contributed by atoms with Crippen molar-refractivity contribution in [2.24, 2.45) is 14.1 Å². The molecule has 6 rings (SSSR count). The van der Waals surface area contributed by atoms with E-state index in [-0.39, 0.29) is 23.3 Å². The molecule has 0 bridgehead atoms. The first-order chi connectivity index (χ1) is 17.9. The summed E-state index contributed by atoms with van der Waals surface area (Å²) in [6.45, 7) is 0. The van der Waals surface area contributed by atoms with Crippen molar-refractivity contribution in [3.05, 3.63) is 131 Å². The number of pyridine rings is 2. The van der Waals surface area contributed by atoms with Crippen LogP contribution in [0.15, 0.2) is 109 Å². The highest BCUT2D eigenvalue weighted by atomic mass is 16.2. The number of nitrogens with zero attached hydrogens (tertiary/aromatic N) is 4. The van der Waals surface area contributed by atoms with Crippen LogP contribution in [0.2, 0.25) is 0 Å². The molecule has 37 heavy (non-hydrogen) atoms. The highest BCUT2D eigenvalue weighted by molar-refractivity contribution is 6.29. The molecule has 0 atom stereocenters. The predicted molar refractivity (Wildman–Crippen MR) is 137 cm³/mol. The lowest BCUT2D eigenvalue weighted by Crippen LogP contribution is -2.36. The Morgan fingerprint density at radius 1 is 0.676 bits per heavy atom. The molecule has 2 aliphatic rings. The van der Waals surface area contributed by atoms with Gasteiger partial charge in [0.15, 0.2) is 24.8 Å². The highest BCUT2D eigenvalue weighted by Crippen LogP contribution is 2.43. The summed E-state index contributed by atoms with van der Waals surface area (Å²) < 4.78 is 3.69. The number of allylic oxidation sites excluding steroid dienone is 2. The number of Topliss-reactive ketones (excluding diaryl/α,β-unsaturated/α-hetero) is 1. The van der Waals surface area contributed by atoms with Gasteiger partial charge in [0.25, 0.3) is 11.8 Å². The van der Waals surface area contributed by atoms with Gasteiger partial charge in [-0.05, 0) is 23.8 Å². The first-order valence-electron chi connectivity index (χ1n) is 12.0. The predicted octanol–water partition coefficient (Wildman–Crippen LogP) is 3.29. The Hall–Kier alpha value is -4.91. The molecule has 2 aromatic carbocycles. The van der Waals surface area contributed by atoms with Gasteiger partial charge < -0.3 is 0 Å². The Morgan fingerprint density at radius 2 is 1.19 bits per heavy atom. The van der Waals surface area contributed by atoms with Crippen LogP contribution in [-0.4, -0.2) is 17.6 Å². The van der Waals surface area contributed by atoms with Gasteiger partial charge in [-0.25, -0.2) is 9.13 Å². The topological polar surface area (TPSA) is 65.5 Å². The lowest BCUT2D eigenvalue weighted by atomic mass is 10.1. The van der Waals surface area contributed by atoms with Gasteiger partial charge in [0.2, 0.25) is 5.78 Å². The molecule has 7 heteroatoms. The Balaban J connectivity index is 1.56.